The van der Waals surface area contributed by atoms with E-state index < -0.39 is 5.54 Å². The zero-order valence-corrected chi connectivity index (χ0v) is 12.6. The van der Waals surface area contributed by atoms with Crippen LogP contribution in [0.3, 0.4) is 0 Å². The van der Waals surface area contributed by atoms with Crippen LogP contribution in [0.15, 0.2) is 30.3 Å². The summed E-state index contributed by atoms with van der Waals surface area (Å²) in [5.74, 6) is 0.662. The summed E-state index contributed by atoms with van der Waals surface area (Å²) < 4.78 is 10.8. The number of hydrogen-bond acceptors (Lipinski definition) is 4. The monoisotopic (exact) mass is 279 g/mol. The first-order chi connectivity index (χ1) is 9.62. The number of benzene rings is 1. The molecule has 20 heavy (non-hydrogen) atoms. The second kappa shape index (κ2) is 8.59. The first-order valence-corrected chi connectivity index (χ1v) is 7.22. The van der Waals surface area contributed by atoms with Gasteiger partial charge in [0, 0.05) is 0 Å². The van der Waals surface area contributed by atoms with Gasteiger partial charge in [-0.05, 0) is 45.4 Å². The van der Waals surface area contributed by atoms with Gasteiger partial charge in [-0.1, -0.05) is 25.1 Å². The zero-order valence-electron chi connectivity index (χ0n) is 12.6. The van der Waals surface area contributed by atoms with E-state index in [9.17, 15) is 4.79 Å². The van der Waals surface area contributed by atoms with Crippen LogP contribution >= 0.6 is 0 Å². The third-order valence-electron chi connectivity index (χ3n) is 3.13. The van der Waals surface area contributed by atoms with Crippen LogP contribution in [0.4, 0.5) is 0 Å². The summed E-state index contributed by atoms with van der Waals surface area (Å²) in [6.45, 7) is 7.41. The molecular weight excluding hydrogens is 254 g/mol. The summed E-state index contributed by atoms with van der Waals surface area (Å²) in [6, 6.07) is 9.69. The molecular formula is C16H25NO3. The van der Waals surface area contributed by atoms with Gasteiger partial charge in [0.05, 0.1) is 13.2 Å². The average molecular weight is 279 g/mol. The van der Waals surface area contributed by atoms with Crippen LogP contribution < -0.4 is 10.1 Å². The molecule has 4 nitrogen and oxygen atoms in total. The Labute approximate surface area is 121 Å². The fourth-order valence-corrected chi connectivity index (χ4v) is 2.08. The minimum Gasteiger partial charge on any atom is -0.494 e. The lowest BCUT2D eigenvalue weighted by Crippen LogP contribution is -2.50. The number of esters is 1. The lowest BCUT2D eigenvalue weighted by Gasteiger charge is -2.28. The predicted molar refractivity (Wildman–Crippen MR) is 79.9 cm³/mol. The van der Waals surface area contributed by atoms with E-state index in [2.05, 4.69) is 5.32 Å². The summed E-state index contributed by atoms with van der Waals surface area (Å²) in [6.07, 6.45) is 1.48. The molecule has 0 aliphatic carbocycles. The molecule has 1 unspecified atom stereocenters. The topological polar surface area (TPSA) is 47.6 Å². The molecule has 1 atom stereocenters. The van der Waals surface area contributed by atoms with Crippen molar-refractivity contribution in [2.45, 2.75) is 39.2 Å². The van der Waals surface area contributed by atoms with Gasteiger partial charge in [0.1, 0.15) is 11.3 Å². The summed E-state index contributed by atoms with van der Waals surface area (Å²) in [5, 5.41) is 3.21. The van der Waals surface area contributed by atoms with Crippen molar-refractivity contribution < 1.29 is 14.3 Å². The van der Waals surface area contributed by atoms with Gasteiger partial charge >= 0.3 is 5.97 Å². The summed E-state index contributed by atoms with van der Waals surface area (Å²) in [5.41, 5.74) is -0.634. The number of hydrogen-bond donors (Lipinski definition) is 1. The summed E-state index contributed by atoms with van der Waals surface area (Å²) >= 11 is 0. The number of para-hydroxylation sites is 1. The van der Waals surface area contributed by atoms with Gasteiger partial charge in [0.15, 0.2) is 0 Å². The minimum absolute atomic E-state index is 0.193. The van der Waals surface area contributed by atoms with Gasteiger partial charge in [-0.15, -0.1) is 0 Å². The van der Waals surface area contributed by atoms with E-state index in [0.29, 0.717) is 19.6 Å². The van der Waals surface area contributed by atoms with Crippen molar-refractivity contribution in [3.05, 3.63) is 30.3 Å². The van der Waals surface area contributed by atoms with Crippen LogP contribution in [0.1, 0.15) is 33.6 Å². The molecule has 0 bridgehead atoms. The van der Waals surface area contributed by atoms with Gasteiger partial charge in [-0.3, -0.25) is 4.79 Å². The SMILES string of the molecule is CCNC(C)(CCCOc1ccccc1)C(=O)OCC. The van der Waals surface area contributed by atoms with Crippen LogP contribution in [0.2, 0.25) is 0 Å². The number of carbonyl (C=O) groups excluding carboxylic acids is 1. The predicted octanol–water partition coefficient (Wildman–Crippen LogP) is 2.78. The fraction of sp³-hybridized carbons (Fsp3) is 0.562. The highest BCUT2D eigenvalue weighted by Gasteiger charge is 2.33. The van der Waals surface area contributed by atoms with Gasteiger partial charge in [-0.2, -0.15) is 0 Å². The van der Waals surface area contributed by atoms with Crippen molar-refractivity contribution in [3.8, 4) is 5.75 Å². The zero-order chi connectivity index (χ0) is 14.8. The van der Waals surface area contributed by atoms with Crippen LogP contribution in [0, 0.1) is 0 Å². The highest BCUT2D eigenvalue weighted by atomic mass is 16.5. The minimum atomic E-state index is -0.634. The average Bonchev–Trinajstić information content (AvgIpc) is 2.45. The maximum atomic E-state index is 12.0. The smallest absolute Gasteiger partial charge is 0.326 e. The Bertz CT molecular complexity index is 394. The van der Waals surface area contributed by atoms with Crippen LogP contribution in [-0.4, -0.2) is 31.3 Å². The van der Waals surface area contributed by atoms with E-state index >= 15 is 0 Å². The van der Waals surface area contributed by atoms with E-state index in [1.54, 1.807) is 0 Å². The van der Waals surface area contributed by atoms with Crippen LogP contribution in [0.5, 0.6) is 5.75 Å². The molecule has 0 heterocycles. The number of carbonyl (C=O) groups is 1. The lowest BCUT2D eigenvalue weighted by atomic mass is 9.96. The Morgan fingerprint density at radius 2 is 1.95 bits per heavy atom. The third kappa shape index (κ3) is 5.21. The molecule has 1 rings (SSSR count). The standard InChI is InChI=1S/C16H25NO3/c1-4-17-16(3,15(18)19-5-2)12-9-13-20-14-10-7-6-8-11-14/h6-8,10-11,17H,4-5,9,12-13H2,1-3H3. The Hall–Kier alpha value is -1.55. The molecule has 0 saturated carbocycles. The molecule has 0 fully saturated rings. The van der Waals surface area contributed by atoms with E-state index in [4.69, 9.17) is 9.47 Å². The molecule has 1 aromatic rings. The van der Waals surface area contributed by atoms with Crippen molar-refractivity contribution in [2.75, 3.05) is 19.8 Å². The highest BCUT2D eigenvalue weighted by Crippen LogP contribution is 2.16. The second-order valence-corrected chi connectivity index (χ2v) is 4.85. The number of nitrogens with one attached hydrogen (secondary N) is 1. The molecule has 0 amide bonds. The van der Waals surface area contributed by atoms with Gasteiger partial charge in [0.2, 0.25) is 0 Å². The third-order valence-corrected chi connectivity index (χ3v) is 3.13. The molecule has 1 aromatic carbocycles. The normalized spacial score (nSPS) is 13.6. The fourth-order valence-electron chi connectivity index (χ4n) is 2.08. The molecule has 0 aliphatic heterocycles. The molecule has 0 spiro atoms. The number of ether oxygens (including phenoxy) is 2. The maximum Gasteiger partial charge on any atom is 0.326 e. The first kappa shape index (κ1) is 16.5. The molecule has 0 radical (unpaired) electrons. The van der Waals surface area contributed by atoms with Crippen molar-refractivity contribution >= 4 is 5.97 Å². The highest BCUT2D eigenvalue weighted by molar-refractivity contribution is 5.80. The number of rotatable bonds is 9. The van der Waals surface area contributed by atoms with Crippen molar-refractivity contribution in [3.63, 3.8) is 0 Å². The maximum absolute atomic E-state index is 12.0. The largest absolute Gasteiger partial charge is 0.494 e. The Balaban J connectivity index is 2.41. The molecule has 0 aromatic heterocycles. The molecule has 0 saturated heterocycles. The number of likely N-dealkylation sites (N-methyl/N-ethyl adjacent to an activating group) is 1. The summed E-state index contributed by atoms with van der Waals surface area (Å²) in [7, 11) is 0. The van der Waals surface area contributed by atoms with Crippen LogP contribution in [-0.2, 0) is 9.53 Å². The van der Waals surface area contributed by atoms with Crippen molar-refractivity contribution in [1.29, 1.82) is 0 Å². The Morgan fingerprint density at radius 1 is 1.25 bits per heavy atom. The van der Waals surface area contributed by atoms with E-state index in [0.717, 1.165) is 18.7 Å². The van der Waals surface area contributed by atoms with E-state index in [1.165, 1.54) is 0 Å². The van der Waals surface area contributed by atoms with Gasteiger partial charge in [-0.25, -0.2) is 0 Å². The summed E-state index contributed by atoms with van der Waals surface area (Å²) in [4.78, 5) is 12.0. The van der Waals surface area contributed by atoms with E-state index in [-0.39, 0.29) is 5.97 Å². The second-order valence-electron chi connectivity index (χ2n) is 4.85. The molecule has 0 aliphatic rings. The van der Waals surface area contributed by atoms with Crippen molar-refractivity contribution in [1.82, 2.24) is 5.32 Å². The van der Waals surface area contributed by atoms with Crippen molar-refractivity contribution in [2.24, 2.45) is 0 Å². The first-order valence-electron chi connectivity index (χ1n) is 7.22. The van der Waals surface area contributed by atoms with Gasteiger partial charge in [0.25, 0.3) is 0 Å². The quantitative estimate of drug-likeness (QED) is 0.558. The molecule has 112 valence electrons. The molecule has 4 heteroatoms. The molecule has 1 N–H and O–H groups in total. The van der Waals surface area contributed by atoms with E-state index in [1.807, 2.05) is 51.1 Å². The van der Waals surface area contributed by atoms with Crippen LogP contribution in [0.25, 0.3) is 0 Å². The lowest BCUT2D eigenvalue weighted by molar-refractivity contribution is -0.150. The van der Waals surface area contributed by atoms with Gasteiger partial charge < -0.3 is 14.8 Å². The Morgan fingerprint density at radius 3 is 2.55 bits per heavy atom. The Kier molecular flexibility index (Phi) is 7.09.